The van der Waals surface area contributed by atoms with Gasteiger partial charge in [0.2, 0.25) is 0 Å². The summed E-state index contributed by atoms with van der Waals surface area (Å²) >= 11 is 3.93. The van der Waals surface area contributed by atoms with Crippen LogP contribution in [0.15, 0.2) is 0 Å². The fourth-order valence-electron chi connectivity index (χ4n) is 0.148. The molecular weight excluding hydrogens is 114 g/mol. The lowest BCUT2D eigenvalue weighted by molar-refractivity contribution is 0.873. The molecule has 0 aliphatic carbocycles. The SMILES string of the molecule is CNCCSS. The molecule has 0 atom stereocenters. The van der Waals surface area contributed by atoms with Crippen molar-refractivity contribution in [2.75, 3.05) is 19.3 Å². The van der Waals surface area contributed by atoms with Crippen molar-refractivity contribution < 1.29 is 0 Å². The molecule has 38 valence electrons. The quantitative estimate of drug-likeness (QED) is 0.327. The second-order valence-electron chi connectivity index (χ2n) is 0.937. The molecule has 0 amide bonds. The highest BCUT2D eigenvalue weighted by molar-refractivity contribution is 8.68. The molecule has 0 saturated heterocycles. The molecule has 0 aromatic heterocycles. The molecule has 0 bridgehead atoms. The summed E-state index contributed by atoms with van der Waals surface area (Å²) in [6, 6.07) is 0. The van der Waals surface area contributed by atoms with Crippen LogP contribution in [0.4, 0.5) is 0 Å². The van der Waals surface area contributed by atoms with Gasteiger partial charge in [0.05, 0.1) is 0 Å². The molecule has 0 aliphatic rings. The summed E-state index contributed by atoms with van der Waals surface area (Å²) in [4.78, 5) is 0. The van der Waals surface area contributed by atoms with Crippen LogP contribution in [0.25, 0.3) is 0 Å². The molecule has 0 aromatic carbocycles. The number of rotatable bonds is 3. The Labute approximate surface area is 47.7 Å². The third kappa shape index (κ3) is 4.66. The molecule has 0 radical (unpaired) electrons. The monoisotopic (exact) mass is 123 g/mol. The Bertz CT molecular complexity index is 20.8. The Hall–Kier alpha value is 0.660. The van der Waals surface area contributed by atoms with Gasteiger partial charge in [0, 0.05) is 12.3 Å². The highest BCUT2D eigenvalue weighted by Gasteiger charge is 1.74. The maximum Gasteiger partial charge on any atom is 0.0160 e. The van der Waals surface area contributed by atoms with Crippen molar-refractivity contribution in [2.24, 2.45) is 0 Å². The average molecular weight is 123 g/mol. The highest BCUT2D eigenvalue weighted by atomic mass is 33.1. The minimum Gasteiger partial charge on any atom is -0.319 e. The van der Waals surface area contributed by atoms with Gasteiger partial charge in [-0.05, 0) is 7.05 Å². The van der Waals surface area contributed by atoms with E-state index in [1.165, 1.54) is 0 Å². The van der Waals surface area contributed by atoms with Crippen LogP contribution < -0.4 is 5.32 Å². The largest absolute Gasteiger partial charge is 0.319 e. The van der Waals surface area contributed by atoms with Crippen LogP contribution in [0.2, 0.25) is 0 Å². The summed E-state index contributed by atoms with van der Waals surface area (Å²) in [5, 5.41) is 3.00. The normalized spacial score (nSPS) is 9.00. The van der Waals surface area contributed by atoms with E-state index < -0.39 is 0 Å². The predicted octanol–water partition coefficient (Wildman–Crippen LogP) is 0.784. The fraction of sp³-hybridized carbons (Fsp3) is 1.00. The van der Waals surface area contributed by atoms with E-state index in [-0.39, 0.29) is 0 Å². The van der Waals surface area contributed by atoms with E-state index in [0.29, 0.717) is 0 Å². The van der Waals surface area contributed by atoms with Crippen LogP contribution in [-0.4, -0.2) is 19.3 Å². The van der Waals surface area contributed by atoms with Gasteiger partial charge in [0.15, 0.2) is 0 Å². The Balaban J connectivity index is 2.34. The lowest BCUT2D eigenvalue weighted by atomic mass is 10.8. The zero-order valence-electron chi connectivity index (χ0n) is 3.77. The van der Waals surface area contributed by atoms with E-state index in [1.54, 1.807) is 10.8 Å². The molecule has 1 nitrogen and oxygen atoms in total. The smallest absolute Gasteiger partial charge is 0.0160 e. The Kier molecular flexibility index (Phi) is 6.28. The molecule has 0 spiro atoms. The molecule has 1 N–H and O–H groups in total. The second-order valence-corrected chi connectivity index (χ2v) is 2.38. The zero-order chi connectivity index (χ0) is 4.83. The van der Waals surface area contributed by atoms with Crippen molar-refractivity contribution in [3.8, 4) is 0 Å². The minimum absolute atomic E-state index is 1.05. The van der Waals surface area contributed by atoms with Crippen LogP contribution in [0.3, 0.4) is 0 Å². The van der Waals surface area contributed by atoms with Gasteiger partial charge < -0.3 is 5.32 Å². The van der Waals surface area contributed by atoms with Gasteiger partial charge >= 0.3 is 0 Å². The summed E-state index contributed by atoms with van der Waals surface area (Å²) in [6.45, 7) is 1.05. The second kappa shape index (κ2) is 5.66. The van der Waals surface area contributed by atoms with E-state index >= 15 is 0 Å². The maximum atomic E-state index is 3.93. The zero-order valence-corrected chi connectivity index (χ0v) is 5.48. The van der Waals surface area contributed by atoms with Gasteiger partial charge in [0.1, 0.15) is 0 Å². The Morgan fingerprint density at radius 3 is 2.67 bits per heavy atom. The maximum absolute atomic E-state index is 3.93. The van der Waals surface area contributed by atoms with Gasteiger partial charge in [0.25, 0.3) is 0 Å². The lowest BCUT2D eigenvalue weighted by Crippen LogP contribution is -2.08. The van der Waals surface area contributed by atoms with Crippen molar-refractivity contribution in [1.29, 1.82) is 0 Å². The van der Waals surface area contributed by atoms with Crippen LogP contribution >= 0.6 is 22.5 Å². The topological polar surface area (TPSA) is 12.0 Å². The van der Waals surface area contributed by atoms with Crippen molar-refractivity contribution in [2.45, 2.75) is 0 Å². The van der Waals surface area contributed by atoms with Crippen LogP contribution in [0.1, 0.15) is 0 Å². The Morgan fingerprint density at radius 1 is 1.83 bits per heavy atom. The lowest BCUT2D eigenvalue weighted by Gasteiger charge is -1.88. The first-order valence-electron chi connectivity index (χ1n) is 1.82. The first-order valence-corrected chi connectivity index (χ1v) is 3.86. The van der Waals surface area contributed by atoms with E-state index in [4.69, 9.17) is 0 Å². The van der Waals surface area contributed by atoms with Crippen LogP contribution in [-0.2, 0) is 0 Å². The summed E-state index contributed by atoms with van der Waals surface area (Å²) in [6.07, 6.45) is 0. The third-order valence-corrected chi connectivity index (χ3v) is 1.38. The van der Waals surface area contributed by atoms with E-state index in [1.807, 2.05) is 7.05 Å². The van der Waals surface area contributed by atoms with Gasteiger partial charge in [-0.15, -0.1) is 11.7 Å². The van der Waals surface area contributed by atoms with Gasteiger partial charge in [-0.2, -0.15) is 0 Å². The summed E-state index contributed by atoms with van der Waals surface area (Å²) in [5.74, 6) is 1.08. The fourth-order valence-corrected chi connectivity index (χ4v) is 0.717. The van der Waals surface area contributed by atoms with Gasteiger partial charge in [-0.3, -0.25) is 0 Å². The number of hydrogen-bond acceptors (Lipinski definition) is 3. The molecule has 3 heteroatoms. The minimum atomic E-state index is 1.05. The number of thiol groups is 1. The average Bonchev–Trinajstić information content (AvgIpc) is 1.61. The van der Waals surface area contributed by atoms with E-state index in [9.17, 15) is 0 Å². The third-order valence-electron chi connectivity index (χ3n) is 0.443. The van der Waals surface area contributed by atoms with Crippen LogP contribution in [0, 0.1) is 0 Å². The molecule has 0 unspecified atom stereocenters. The van der Waals surface area contributed by atoms with Crippen molar-refractivity contribution >= 4 is 22.5 Å². The van der Waals surface area contributed by atoms with E-state index in [2.05, 4.69) is 17.0 Å². The first-order chi connectivity index (χ1) is 2.91. The summed E-state index contributed by atoms with van der Waals surface area (Å²) < 4.78 is 0. The van der Waals surface area contributed by atoms with Crippen molar-refractivity contribution in [1.82, 2.24) is 5.32 Å². The standard InChI is InChI=1S/C3H9NS2/c1-4-2-3-6-5/h4-5H,2-3H2,1H3. The molecule has 0 aromatic rings. The van der Waals surface area contributed by atoms with Crippen molar-refractivity contribution in [3.05, 3.63) is 0 Å². The molecule has 0 aliphatic heterocycles. The van der Waals surface area contributed by atoms with Gasteiger partial charge in [-0.25, -0.2) is 0 Å². The molecule has 0 heterocycles. The Morgan fingerprint density at radius 2 is 2.50 bits per heavy atom. The first kappa shape index (κ1) is 6.66. The summed E-state index contributed by atoms with van der Waals surface area (Å²) in [5.41, 5.74) is 0. The molecule has 0 rings (SSSR count). The van der Waals surface area contributed by atoms with Crippen molar-refractivity contribution in [3.63, 3.8) is 0 Å². The van der Waals surface area contributed by atoms with Gasteiger partial charge in [-0.1, -0.05) is 10.8 Å². The van der Waals surface area contributed by atoms with Crippen LogP contribution in [0.5, 0.6) is 0 Å². The highest BCUT2D eigenvalue weighted by Crippen LogP contribution is 2.00. The molecule has 0 fully saturated rings. The molecule has 6 heavy (non-hydrogen) atoms. The molecular formula is C3H9NS2. The predicted molar refractivity (Wildman–Crippen MR) is 35.4 cm³/mol. The van der Waals surface area contributed by atoms with E-state index in [0.717, 1.165) is 12.3 Å². The summed E-state index contributed by atoms with van der Waals surface area (Å²) in [7, 11) is 3.49. The molecule has 0 saturated carbocycles. The number of hydrogen-bond donors (Lipinski definition) is 2. The number of nitrogens with one attached hydrogen (secondary N) is 1.